The molecule has 0 amide bonds. The minimum atomic E-state index is 0. The summed E-state index contributed by atoms with van der Waals surface area (Å²) >= 11 is 0. The standard InChI is InChI=1S/C8H3N2.Li/c9-5-7-2-1-3-8(4-7)6-10;/h1-3H;/q-1;+1. The third kappa shape index (κ3) is 2.48. The van der Waals surface area contributed by atoms with Crippen molar-refractivity contribution < 1.29 is 18.9 Å². The van der Waals surface area contributed by atoms with Crippen LogP contribution in [-0.4, -0.2) is 0 Å². The maximum Gasteiger partial charge on any atom is 1.00 e. The van der Waals surface area contributed by atoms with E-state index in [1.54, 1.807) is 18.2 Å². The Morgan fingerprint density at radius 3 is 1.91 bits per heavy atom. The van der Waals surface area contributed by atoms with Gasteiger partial charge in [0.05, 0.1) is 0 Å². The van der Waals surface area contributed by atoms with Gasteiger partial charge in [-0.25, -0.2) is 10.5 Å². The molecule has 0 heterocycles. The molecule has 0 bridgehead atoms. The Balaban J connectivity index is 0.000001000. The summed E-state index contributed by atoms with van der Waals surface area (Å²) in [6.07, 6.45) is 0. The van der Waals surface area contributed by atoms with Gasteiger partial charge in [-0.1, -0.05) is 17.2 Å². The molecule has 0 saturated carbocycles. The largest absolute Gasteiger partial charge is 1.00 e. The van der Waals surface area contributed by atoms with Gasteiger partial charge < -0.3 is 0 Å². The minimum absolute atomic E-state index is 0. The Kier molecular flexibility index (Phi) is 4.09. The van der Waals surface area contributed by atoms with Crippen molar-refractivity contribution in [2.75, 3.05) is 0 Å². The van der Waals surface area contributed by atoms with Gasteiger partial charge in [-0.2, -0.15) is 0 Å². The van der Waals surface area contributed by atoms with E-state index >= 15 is 0 Å². The van der Waals surface area contributed by atoms with Crippen LogP contribution in [0, 0.1) is 28.7 Å². The Morgan fingerprint density at radius 1 is 1.09 bits per heavy atom. The van der Waals surface area contributed by atoms with Gasteiger partial charge in [0.2, 0.25) is 0 Å². The van der Waals surface area contributed by atoms with E-state index in [4.69, 9.17) is 10.5 Å². The SMILES string of the molecule is N#Cc1[c-]c(C#N)ccc1.[Li+]. The van der Waals surface area contributed by atoms with E-state index in [0.29, 0.717) is 11.1 Å². The van der Waals surface area contributed by atoms with Crippen LogP contribution in [0.5, 0.6) is 0 Å². The molecule has 0 unspecified atom stereocenters. The molecule has 0 spiro atoms. The molecule has 0 atom stereocenters. The van der Waals surface area contributed by atoms with Crippen LogP contribution in [0.3, 0.4) is 0 Å². The van der Waals surface area contributed by atoms with Gasteiger partial charge in [0, 0.05) is 0 Å². The third-order valence-electron chi connectivity index (χ3n) is 1.04. The van der Waals surface area contributed by atoms with Gasteiger partial charge in [-0.05, 0) is 12.1 Å². The zero-order valence-electron chi connectivity index (χ0n) is 6.13. The van der Waals surface area contributed by atoms with Crippen LogP contribution in [0.25, 0.3) is 0 Å². The van der Waals surface area contributed by atoms with E-state index in [2.05, 4.69) is 6.07 Å². The van der Waals surface area contributed by atoms with Crippen LogP contribution < -0.4 is 18.9 Å². The molecular formula is C8H3LiN2. The van der Waals surface area contributed by atoms with Crippen LogP contribution in [0.1, 0.15) is 11.1 Å². The van der Waals surface area contributed by atoms with Crippen LogP contribution in [0.15, 0.2) is 18.2 Å². The molecule has 0 aliphatic rings. The Bertz CT molecular complexity index is 290. The maximum atomic E-state index is 8.37. The molecule has 11 heavy (non-hydrogen) atoms. The second-order valence-corrected chi connectivity index (χ2v) is 1.70. The molecule has 46 valence electrons. The second-order valence-electron chi connectivity index (χ2n) is 1.70. The van der Waals surface area contributed by atoms with E-state index < -0.39 is 0 Å². The summed E-state index contributed by atoms with van der Waals surface area (Å²) in [5.74, 6) is 0. The first kappa shape index (κ1) is 9.80. The second kappa shape index (κ2) is 4.59. The molecular weight excluding hydrogens is 131 g/mol. The molecule has 1 aromatic rings. The predicted octanol–water partition coefficient (Wildman–Crippen LogP) is -1.77. The number of nitrogens with zero attached hydrogens (tertiary/aromatic N) is 2. The predicted molar refractivity (Wildman–Crippen MR) is 34.7 cm³/mol. The van der Waals surface area contributed by atoms with Crippen molar-refractivity contribution in [3.8, 4) is 12.1 Å². The topological polar surface area (TPSA) is 47.6 Å². The Hall–Kier alpha value is -1.20. The first-order chi connectivity index (χ1) is 4.86. The molecule has 0 aliphatic heterocycles. The summed E-state index contributed by atoms with van der Waals surface area (Å²) in [6, 6.07) is 11.3. The molecule has 0 fully saturated rings. The number of nitriles is 2. The van der Waals surface area contributed by atoms with Gasteiger partial charge in [0.1, 0.15) is 0 Å². The molecule has 3 heteroatoms. The molecule has 0 saturated heterocycles. The van der Waals surface area contributed by atoms with Gasteiger partial charge in [0.15, 0.2) is 0 Å². The van der Waals surface area contributed by atoms with Crippen molar-refractivity contribution in [2.24, 2.45) is 0 Å². The van der Waals surface area contributed by atoms with Crippen molar-refractivity contribution in [2.45, 2.75) is 0 Å². The van der Waals surface area contributed by atoms with Crippen molar-refractivity contribution in [3.05, 3.63) is 35.4 Å². The average molecular weight is 134 g/mol. The molecule has 2 nitrogen and oxygen atoms in total. The summed E-state index contributed by atoms with van der Waals surface area (Å²) < 4.78 is 0. The monoisotopic (exact) mass is 134 g/mol. The van der Waals surface area contributed by atoms with E-state index in [0.717, 1.165) is 0 Å². The van der Waals surface area contributed by atoms with E-state index in [9.17, 15) is 0 Å². The summed E-state index contributed by atoms with van der Waals surface area (Å²) in [6.45, 7) is 0. The first-order valence-corrected chi connectivity index (χ1v) is 2.69. The van der Waals surface area contributed by atoms with Crippen LogP contribution in [-0.2, 0) is 0 Å². The van der Waals surface area contributed by atoms with Crippen molar-refractivity contribution in [3.63, 3.8) is 0 Å². The number of benzene rings is 1. The summed E-state index contributed by atoms with van der Waals surface area (Å²) in [5.41, 5.74) is 0.804. The summed E-state index contributed by atoms with van der Waals surface area (Å²) in [7, 11) is 0. The molecule has 1 aromatic carbocycles. The number of hydrogen-bond acceptors (Lipinski definition) is 2. The molecule has 0 aliphatic carbocycles. The minimum Gasteiger partial charge on any atom is -0.248 e. The quantitative estimate of drug-likeness (QED) is 0.311. The zero-order chi connectivity index (χ0) is 7.40. The zero-order valence-corrected chi connectivity index (χ0v) is 6.13. The van der Waals surface area contributed by atoms with Crippen molar-refractivity contribution >= 4 is 0 Å². The number of rotatable bonds is 0. The fourth-order valence-electron chi connectivity index (χ4n) is 0.599. The smallest absolute Gasteiger partial charge is 0.248 e. The molecule has 0 N–H and O–H groups in total. The summed E-state index contributed by atoms with van der Waals surface area (Å²) in [5, 5.41) is 16.7. The normalized spacial score (nSPS) is 7.09. The van der Waals surface area contributed by atoms with Gasteiger partial charge in [0.25, 0.3) is 0 Å². The fourth-order valence-corrected chi connectivity index (χ4v) is 0.599. The van der Waals surface area contributed by atoms with Crippen LogP contribution in [0.4, 0.5) is 0 Å². The third-order valence-corrected chi connectivity index (χ3v) is 1.04. The van der Waals surface area contributed by atoms with Crippen molar-refractivity contribution in [1.29, 1.82) is 10.5 Å². The molecule has 0 aromatic heterocycles. The van der Waals surface area contributed by atoms with Crippen LogP contribution in [0.2, 0.25) is 0 Å². The maximum absolute atomic E-state index is 8.37. The first-order valence-electron chi connectivity index (χ1n) is 2.69. The fraction of sp³-hybridized carbons (Fsp3) is 0. The van der Waals surface area contributed by atoms with E-state index in [1.807, 2.05) is 12.1 Å². The van der Waals surface area contributed by atoms with Crippen LogP contribution >= 0.6 is 0 Å². The average Bonchev–Trinajstić information content (AvgIpc) is 2.05. The molecule has 1 rings (SSSR count). The molecule has 0 radical (unpaired) electrons. The number of hydrogen-bond donors (Lipinski definition) is 0. The van der Waals surface area contributed by atoms with Crippen molar-refractivity contribution in [1.82, 2.24) is 0 Å². The summed E-state index contributed by atoms with van der Waals surface area (Å²) in [4.78, 5) is 0. The Morgan fingerprint density at radius 2 is 1.55 bits per heavy atom. The van der Waals surface area contributed by atoms with E-state index in [-0.39, 0.29) is 18.9 Å². The Labute approximate surface area is 77.2 Å². The van der Waals surface area contributed by atoms with E-state index in [1.165, 1.54) is 0 Å². The van der Waals surface area contributed by atoms with Gasteiger partial charge in [-0.3, -0.25) is 0 Å². The van der Waals surface area contributed by atoms with Gasteiger partial charge in [-0.15, -0.1) is 18.2 Å². The van der Waals surface area contributed by atoms with Gasteiger partial charge >= 0.3 is 18.9 Å².